The van der Waals surface area contributed by atoms with Gasteiger partial charge in [0.25, 0.3) is 0 Å². The molecule has 0 heterocycles. The number of carbonyl (C=O) groups is 3. The van der Waals surface area contributed by atoms with E-state index in [0.29, 0.717) is 19.4 Å². The van der Waals surface area contributed by atoms with Gasteiger partial charge < -0.3 is 25.4 Å². The van der Waals surface area contributed by atoms with E-state index in [1.165, 1.54) is 0 Å². The third kappa shape index (κ3) is 14.1. The number of benzene rings is 1. The summed E-state index contributed by atoms with van der Waals surface area (Å²) < 4.78 is 34.1. The first-order chi connectivity index (χ1) is 16.5. The summed E-state index contributed by atoms with van der Waals surface area (Å²) in [6.07, 6.45) is 0.0162. The van der Waals surface area contributed by atoms with Crippen molar-refractivity contribution in [3.63, 3.8) is 0 Å². The average molecular weight is 467 g/mol. The predicted molar refractivity (Wildman–Crippen MR) is 129 cm³/mol. The molecule has 0 aromatic heterocycles. The van der Waals surface area contributed by atoms with Crippen LogP contribution in [0.5, 0.6) is 0 Å². The molecule has 0 bridgehead atoms. The van der Waals surface area contributed by atoms with Crippen molar-refractivity contribution in [1.82, 2.24) is 16.0 Å². The number of carbonyl (C=O) groups excluding carboxylic acids is 3. The molecule has 0 aliphatic heterocycles. The van der Waals surface area contributed by atoms with Gasteiger partial charge in [0.2, 0.25) is 5.91 Å². The highest BCUT2D eigenvalue weighted by atomic mass is 16.6. The van der Waals surface area contributed by atoms with Gasteiger partial charge in [-0.25, -0.2) is 9.59 Å². The molecule has 0 radical (unpaired) electrons. The molecule has 0 fully saturated rings. The molecule has 1 rings (SSSR count). The third-order valence-corrected chi connectivity index (χ3v) is 4.19. The van der Waals surface area contributed by atoms with Gasteiger partial charge in [-0.2, -0.15) is 0 Å². The number of hydrogen-bond donors (Lipinski definition) is 3. The van der Waals surface area contributed by atoms with Gasteiger partial charge in [-0.1, -0.05) is 30.3 Å². The van der Waals surface area contributed by atoms with E-state index in [0.717, 1.165) is 5.56 Å². The lowest BCUT2D eigenvalue weighted by molar-refractivity contribution is -0.124. The second kappa shape index (κ2) is 13.1. The Morgan fingerprint density at radius 1 is 0.909 bits per heavy atom. The van der Waals surface area contributed by atoms with Crippen molar-refractivity contribution in [3.05, 3.63) is 35.9 Å². The predicted octanol–water partition coefficient (Wildman–Crippen LogP) is 4.32. The van der Waals surface area contributed by atoms with Crippen LogP contribution >= 0.6 is 0 Å². The largest absolute Gasteiger partial charge is 0.444 e. The van der Waals surface area contributed by atoms with Gasteiger partial charge in [0, 0.05) is 16.7 Å². The molecule has 186 valence electrons. The van der Waals surface area contributed by atoms with Gasteiger partial charge in [0.05, 0.1) is 0 Å². The van der Waals surface area contributed by atoms with E-state index in [2.05, 4.69) is 16.0 Å². The first-order valence-electron chi connectivity index (χ1n) is 12.8. The Kier molecular flexibility index (Phi) is 9.26. The molecule has 0 aliphatic rings. The Labute approximate surface area is 202 Å². The summed E-state index contributed by atoms with van der Waals surface area (Å²) in [6, 6.07) is 6.85. The number of ether oxygens (including phenoxy) is 2. The summed E-state index contributed by atoms with van der Waals surface area (Å²) in [7, 11) is 0. The Bertz CT molecular complexity index is 849. The van der Waals surface area contributed by atoms with Crippen molar-refractivity contribution < 1.29 is 28.0 Å². The van der Waals surface area contributed by atoms with Crippen LogP contribution in [0.1, 0.15) is 77.3 Å². The Morgan fingerprint density at radius 2 is 1.52 bits per heavy atom. The summed E-state index contributed by atoms with van der Waals surface area (Å²) in [4.78, 5) is 37.2. The van der Waals surface area contributed by atoms with E-state index in [-0.39, 0.29) is 12.8 Å². The minimum atomic E-state index is -2.45. The number of alkyl carbamates (subject to hydrolysis) is 2. The fourth-order valence-electron chi connectivity index (χ4n) is 2.87. The molecule has 0 aliphatic carbocycles. The molecule has 8 heteroatoms. The Balaban J connectivity index is 2.81. The lowest BCUT2D eigenvalue weighted by Crippen LogP contribution is -2.50. The molecule has 0 saturated heterocycles. The number of amides is 3. The summed E-state index contributed by atoms with van der Waals surface area (Å²) in [5, 5.41) is 7.80. The SMILES string of the molecule is [2H]C([2H])([2H])[C@H](Cc1ccccc1)NC(=O)[C@H](CCCCNC(=O)OC(C)(C)C)NC(=O)OC(C)(C)C. The molecule has 1 aromatic rings. The van der Waals surface area contributed by atoms with Gasteiger partial charge >= 0.3 is 12.2 Å². The first-order valence-corrected chi connectivity index (χ1v) is 11.3. The maximum absolute atomic E-state index is 13.1. The number of rotatable bonds is 10. The van der Waals surface area contributed by atoms with Crippen LogP contribution in [0.4, 0.5) is 9.59 Å². The van der Waals surface area contributed by atoms with Crippen LogP contribution < -0.4 is 16.0 Å². The fraction of sp³-hybridized carbons (Fsp3) is 0.640. The number of unbranched alkanes of at least 4 members (excludes halogenated alkanes) is 1. The maximum atomic E-state index is 13.1. The third-order valence-electron chi connectivity index (χ3n) is 4.19. The molecule has 0 saturated carbocycles. The topological polar surface area (TPSA) is 106 Å². The summed E-state index contributed by atoms with van der Waals surface area (Å²) >= 11 is 0. The minimum absolute atomic E-state index is 0.113. The molecule has 0 spiro atoms. The molecular formula is C25H41N3O5. The molecule has 0 unspecified atom stereocenters. The van der Waals surface area contributed by atoms with Gasteiger partial charge in [-0.05, 0) is 79.6 Å². The van der Waals surface area contributed by atoms with Crippen LogP contribution in [0.15, 0.2) is 30.3 Å². The van der Waals surface area contributed by atoms with E-state index in [4.69, 9.17) is 13.6 Å². The van der Waals surface area contributed by atoms with Crippen LogP contribution in [0.25, 0.3) is 0 Å². The van der Waals surface area contributed by atoms with Gasteiger partial charge in [0.15, 0.2) is 0 Å². The highest BCUT2D eigenvalue weighted by Gasteiger charge is 2.25. The van der Waals surface area contributed by atoms with Crippen molar-refractivity contribution in [3.8, 4) is 0 Å². The zero-order valence-corrected chi connectivity index (χ0v) is 20.6. The summed E-state index contributed by atoms with van der Waals surface area (Å²) in [6.45, 7) is 8.28. The molecule has 3 amide bonds. The highest BCUT2D eigenvalue weighted by molar-refractivity contribution is 5.85. The highest BCUT2D eigenvalue weighted by Crippen LogP contribution is 2.10. The maximum Gasteiger partial charge on any atom is 0.408 e. The molecule has 1 aromatic carbocycles. The van der Waals surface area contributed by atoms with Crippen LogP contribution in [-0.4, -0.2) is 47.9 Å². The Morgan fingerprint density at radius 3 is 2.09 bits per heavy atom. The van der Waals surface area contributed by atoms with Crippen LogP contribution in [0.3, 0.4) is 0 Å². The van der Waals surface area contributed by atoms with E-state index >= 15 is 0 Å². The Hall–Kier alpha value is -2.77. The molecule has 33 heavy (non-hydrogen) atoms. The average Bonchev–Trinajstić information content (AvgIpc) is 2.69. The molecule has 8 nitrogen and oxygen atoms in total. The number of nitrogens with one attached hydrogen (secondary N) is 3. The van der Waals surface area contributed by atoms with Crippen molar-refractivity contribution >= 4 is 18.1 Å². The first kappa shape index (κ1) is 23.4. The second-order valence-corrected chi connectivity index (χ2v) is 9.87. The standard InChI is InChI=1S/C25H41N3O5/c1-18(17-19-13-9-8-10-14-19)27-21(29)20(28-23(31)33-25(5,6)7)15-11-12-16-26-22(30)32-24(2,3)4/h8-10,13-14,18,20H,11-12,15-17H2,1-7H3,(H,26,30)(H,27,29)(H,28,31)/t18-,20+/m1/s1/i1D3. The van der Waals surface area contributed by atoms with E-state index < -0.39 is 48.2 Å². The van der Waals surface area contributed by atoms with Crippen LogP contribution in [0.2, 0.25) is 0 Å². The van der Waals surface area contributed by atoms with E-state index in [1.54, 1.807) is 65.8 Å². The van der Waals surface area contributed by atoms with E-state index in [1.807, 2.05) is 6.07 Å². The van der Waals surface area contributed by atoms with Gasteiger partial charge in [0.1, 0.15) is 17.2 Å². The minimum Gasteiger partial charge on any atom is -0.444 e. The molecule has 2 atom stereocenters. The smallest absolute Gasteiger partial charge is 0.408 e. The molecule has 3 N–H and O–H groups in total. The van der Waals surface area contributed by atoms with Gasteiger partial charge in [-0.3, -0.25) is 4.79 Å². The van der Waals surface area contributed by atoms with Gasteiger partial charge in [-0.15, -0.1) is 0 Å². The lowest BCUT2D eigenvalue weighted by atomic mass is 10.1. The summed E-state index contributed by atoms with van der Waals surface area (Å²) in [5.41, 5.74) is -0.607. The monoisotopic (exact) mass is 466 g/mol. The molecular weight excluding hydrogens is 422 g/mol. The van der Waals surface area contributed by atoms with Crippen molar-refractivity contribution in [1.29, 1.82) is 0 Å². The van der Waals surface area contributed by atoms with Crippen molar-refractivity contribution in [2.45, 2.75) is 97.4 Å². The normalized spacial score (nSPS) is 15.2. The zero-order valence-electron chi connectivity index (χ0n) is 23.6. The quantitative estimate of drug-likeness (QED) is 0.445. The zero-order chi connectivity index (χ0) is 27.6. The fourth-order valence-corrected chi connectivity index (χ4v) is 2.87. The van der Waals surface area contributed by atoms with Crippen molar-refractivity contribution in [2.24, 2.45) is 0 Å². The summed E-state index contributed by atoms with van der Waals surface area (Å²) in [5.74, 6) is -0.613. The van der Waals surface area contributed by atoms with Crippen LogP contribution in [-0.2, 0) is 20.7 Å². The van der Waals surface area contributed by atoms with Crippen molar-refractivity contribution in [2.75, 3.05) is 6.54 Å². The van der Waals surface area contributed by atoms with E-state index in [9.17, 15) is 14.4 Å². The van der Waals surface area contributed by atoms with Crippen LogP contribution in [0, 0.1) is 0 Å². The lowest BCUT2D eigenvalue weighted by Gasteiger charge is -2.24. The number of hydrogen-bond acceptors (Lipinski definition) is 5. The second-order valence-electron chi connectivity index (χ2n) is 9.87.